The normalized spacial score (nSPS) is 10.2. The van der Waals surface area contributed by atoms with Crippen LogP contribution in [0.3, 0.4) is 0 Å². The molecule has 0 radical (unpaired) electrons. The zero-order valence-electron chi connectivity index (χ0n) is 10.7. The first kappa shape index (κ1) is 14.4. The van der Waals surface area contributed by atoms with Crippen LogP contribution in [0.2, 0.25) is 5.02 Å². The Morgan fingerprint density at radius 1 is 1.15 bits per heavy atom. The molecule has 0 heterocycles. The highest BCUT2D eigenvalue weighted by atomic mass is 35.5. The quantitative estimate of drug-likeness (QED) is 0.397. The second-order valence-electron chi connectivity index (χ2n) is 4.12. The molecule has 2 aromatic carbocycles. The van der Waals surface area contributed by atoms with Crippen LogP contribution in [-0.4, -0.2) is 12.8 Å². The van der Waals surface area contributed by atoms with Gasteiger partial charge in [-0.1, -0.05) is 41.9 Å². The van der Waals surface area contributed by atoms with Crippen molar-refractivity contribution in [1.29, 1.82) is 0 Å². The van der Waals surface area contributed by atoms with Crippen molar-refractivity contribution in [3.63, 3.8) is 0 Å². The monoisotopic (exact) mass is 291 g/mol. The van der Waals surface area contributed by atoms with E-state index < -0.39 is 5.97 Å². The maximum Gasteiger partial charge on any atom is 0.341 e. The summed E-state index contributed by atoms with van der Waals surface area (Å²) in [5.74, 6) is -0.539. The molecule has 0 unspecified atom stereocenters. The van der Waals surface area contributed by atoms with E-state index in [0.29, 0.717) is 12.3 Å². The Morgan fingerprint density at radius 2 is 1.90 bits per heavy atom. The molecule has 0 atom stereocenters. The Hall–Kier alpha value is -2.04. The van der Waals surface area contributed by atoms with E-state index in [-0.39, 0.29) is 17.4 Å². The highest BCUT2D eigenvalue weighted by Crippen LogP contribution is 2.19. The van der Waals surface area contributed by atoms with Gasteiger partial charge in [0.15, 0.2) is 6.79 Å². The van der Waals surface area contributed by atoms with Crippen molar-refractivity contribution in [2.24, 2.45) is 0 Å². The molecule has 0 aromatic heterocycles. The fourth-order valence-electron chi connectivity index (χ4n) is 1.60. The number of carbonyl (C=O) groups is 1. The Morgan fingerprint density at radius 3 is 2.60 bits per heavy atom. The summed E-state index contributed by atoms with van der Waals surface area (Å²) < 4.78 is 10.2. The summed E-state index contributed by atoms with van der Waals surface area (Å²) in [6.45, 7) is 0.248. The Kier molecular flexibility index (Phi) is 4.98. The summed E-state index contributed by atoms with van der Waals surface area (Å²) in [6.07, 6.45) is 0. The Bertz CT molecular complexity index is 587. The van der Waals surface area contributed by atoms with Crippen LogP contribution in [0, 0.1) is 0 Å². The molecule has 0 bridgehead atoms. The number of benzene rings is 2. The molecule has 0 spiro atoms. The molecule has 2 N–H and O–H groups in total. The highest BCUT2D eigenvalue weighted by Gasteiger charge is 2.11. The number of anilines is 1. The van der Waals surface area contributed by atoms with Crippen molar-refractivity contribution in [2.45, 2.75) is 6.61 Å². The van der Waals surface area contributed by atoms with Crippen molar-refractivity contribution in [3.8, 4) is 0 Å². The van der Waals surface area contributed by atoms with Crippen LogP contribution in [0.4, 0.5) is 5.69 Å². The van der Waals surface area contributed by atoms with E-state index in [1.165, 1.54) is 12.1 Å². The van der Waals surface area contributed by atoms with Crippen LogP contribution in [-0.2, 0) is 16.1 Å². The molecule has 0 amide bonds. The van der Waals surface area contributed by atoms with Gasteiger partial charge in [-0.3, -0.25) is 0 Å². The summed E-state index contributed by atoms with van der Waals surface area (Å²) in [4.78, 5) is 11.8. The molecule has 2 aromatic rings. The summed E-state index contributed by atoms with van der Waals surface area (Å²) in [7, 11) is 0. The van der Waals surface area contributed by atoms with E-state index >= 15 is 0 Å². The number of nitrogens with two attached hydrogens (primary N) is 1. The van der Waals surface area contributed by atoms with Gasteiger partial charge < -0.3 is 15.2 Å². The molecular weight excluding hydrogens is 278 g/mol. The van der Waals surface area contributed by atoms with Gasteiger partial charge in [0.1, 0.15) is 0 Å². The summed E-state index contributed by atoms with van der Waals surface area (Å²) >= 11 is 5.91. The third-order valence-corrected chi connectivity index (χ3v) is 2.91. The van der Waals surface area contributed by atoms with Gasteiger partial charge in [0.25, 0.3) is 0 Å². The molecule has 4 nitrogen and oxygen atoms in total. The fourth-order valence-corrected chi connectivity index (χ4v) is 1.87. The van der Waals surface area contributed by atoms with Gasteiger partial charge in [-0.15, -0.1) is 0 Å². The van der Waals surface area contributed by atoms with E-state index in [1.54, 1.807) is 6.07 Å². The molecule has 5 heteroatoms. The number of rotatable bonds is 5. The maximum atomic E-state index is 11.8. The lowest BCUT2D eigenvalue weighted by Crippen LogP contribution is -2.09. The molecule has 0 aliphatic carbocycles. The van der Waals surface area contributed by atoms with Gasteiger partial charge in [-0.25, -0.2) is 4.79 Å². The Labute approximate surface area is 122 Å². The molecule has 2 rings (SSSR count). The van der Waals surface area contributed by atoms with Crippen LogP contribution in [0.15, 0.2) is 48.5 Å². The van der Waals surface area contributed by atoms with Gasteiger partial charge in [-0.05, 0) is 23.8 Å². The molecule has 0 saturated heterocycles. The molecule has 0 fully saturated rings. The van der Waals surface area contributed by atoms with E-state index in [1.807, 2.05) is 30.3 Å². The number of hydrogen-bond donors (Lipinski definition) is 1. The van der Waals surface area contributed by atoms with E-state index in [9.17, 15) is 4.79 Å². The van der Waals surface area contributed by atoms with Gasteiger partial charge in [0.05, 0.1) is 17.2 Å². The van der Waals surface area contributed by atoms with E-state index in [2.05, 4.69) is 0 Å². The Balaban J connectivity index is 1.80. The SMILES string of the molecule is Nc1ccc(C(=O)OCOCc2ccccc2)c(Cl)c1. The number of nitrogen functional groups attached to an aromatic ring is 1. The number of halogens is 1. The topological polar surface area (TPSA) is 61.6 Å². The maximum absolute atomic E-state index is 11.8. The van der Waals surface area contributed by atoms with Crippen LogP contribution >= 0.6 is 11.6 Å². The minimum Gasteiger partial charge on any atom is -0.435 e. The number of carbonyl (C=O) groups excluding carboxylic acids is 1. The zero-order valence-corrected chi connectivity index (χ0v) is 11.5. The van der Waals surface area contributed by atoms with Crippen LogP contribution < -0.4 is 5.73 Å². The molecule has 104 valence electrons. The van der Waals surface area contributed by atoms with E-state index in [0.717, 1.165) is 5.56 Å². The molecule has 0 aliphatic rings. The van der Waals surface area contributed by atoms with Crippen LogP contribution in [0.25, 0.3) is 0 Å². The van der Waals surface area contributed by atoms with Crippen molar-refractivity contribution >= 4 is 23.3 Å². The molecule has 0 aliphatic heterocycles. The van der Waals surface area contributed by atoms with Gasteiger partial charge in [-0.2, -0.15) is 0 Å². The number of ether oxygens (including phenoxy) is 2. The lowest BCUT2D eigenvalue weighted by molar-refractivity contribution is -0.0381. The second-order valence-corrected chi connectivity index (χ2v) is 4.53. The second kappa shape index (κ2) is 6.93. The average Bonchev–Trinajstić information content (AvgIpc) is 2.44. The lowest BCUT2D eigenvalue weighted by Gasteiger charge is -2.07. The van der Waals surface area contributed by atoms with Crippen molar-refractivity contribution in [2.75, 3.05) is 12.5 Å². The van der Waals surface area contributed by atoms with Gasteiger partial charge >= 0.3 is 5.97 Å². The first-order valence-corrected chi connectivity index (χ1v) is 6.38. The minimum atomic E-state index is -0.539. The third-order valence-electron chi connectivity index (χ3n) is 2.60. The first-order valence-electron chi connectivity index (χ1n) is 6.00. The first-order chi connectivity index (χ1) is 9.66. The number of hydrogen-bond acceptors (Lipinski definition) is 4. The summed E-state index contributed by atoms with van der Waals surface area (Å²) in [5.41, 5.74) is 7.32. The number of esters is 1. The molecule has 20 heavy (non-hydrogen) atoms. The lowest BCUT2D eigenvalue weighted by atomic mass is 10.2. The molecular formula is C15H14ClNO3. The van der Waals surface area contributed by atoms with Gasteiger partial charge in [0.2, 0.25) is 0 Å². The fraction of sp³-hybridized carbons (Fsp3) is 0.133. The zero-order chi connectivity index (χ0) is 14.4. The third kappa shape index (κ3) is 3.98. The smallest absolute Gasteiger partial charge is 0.341 e. The predicted molar refractivity (Wildman–Crippen MR) is 77.4 cm³/mol. The van der Waals surface area contributed by atoms with Crippen molar-refractivity contribution in [3.05, 3.63) is 64.7 Å². The van der Waals surface area contributed by atoms with Crippen LogP contribution in [0.1, 0.15) is 15.9 Å². The summed E-state index contributed by atoms with van der Waals surface area (Å²) in [5, 5.41) is 0.262. The van der Waals surface area contributed by atoms with Crippen molar-refractivity contribution in [1.82, 2.24) is 0 Å². The molecule has 0 saturated carbocycles. The van der Waals surface area contributed by atoms with Crippen molar-refractivity contribution < 1.29 is 14.3 Å². The van der Waals surface area contributed by atoms with Gasteiger partial charge in [0, 0.05) is 5.69 Å². The minimum absolute atomic E-state index is 0.131. The largest absolute Gasteiger partial charge is 0.435 e. The van der Waals surface area contributed by atoms with Crippen LogP contribution in [0.5, 0.6) is 0 Å². The average molecular weight is 292 g/mol. The van der Waals surface area contributed by atoms with E-state index in [4.69, 9.17) is 26.8 Å². The predicted octanol–water partition coefficient (Wildman–Crippen LogP) is 3.25. The standard InChI is InChI=1S/C15H14ClNO3/c16-14-8-12(17)6-7-13(14)15(18)20-10-19-9-11-4-2-1-3-5-11/h1-8H,9-10,17H2. The summed E-state index contributed by atoms with van der Waals surface area (Å²) in [6, 6.07) is 14.2. The highest BCUT2D eigenvalue weighted by molar-refractivity contribution is 6.33.